The fourth-order valence-corrected chi connectivity index (χ4v) is 2.17. The molecule has 1 aliphatic heterocycles. The Morgan fingerprint density at radius 2 is 2.25 bits per heavy atom. The van der Waals surface area contributed by atoms with Crippen LogP contribution in [-0.2, 0) is 9.53 Å². The molecule has 1 atom stereocenters. The van der Waals surface area contributed by atoms with E-state index in [1.54, 1.807) is 0 Å². The molecule has 2 rings (SSSR count). The number of methoxy groups -OCH3 is 1. The number of carboxylic acids is 1. The van der Waals surface area contributed by atoms with Crippen molar-refractivity contribution in [3.8, 4) is 5.75 Å². The van der Waals surface area contributed by atoms with Gasteiger partial charge in [-0.3, -0.25) is 4.79 Å². The first-order valence-corrected chi connectivity index (χ1v) is 6.33. The lowest BCUT2D eigenvalue weighted by atomic mass is 9.98. The molecule has 1 saturated heterocycles. The Labute approximate surface area is 120 Å². The van der Waals surface area contributed by atoms with E-state index in [1.807, 2.05) is 0 Å². The van der Waals surface area contributed by atoms with Gasteiger partial charge in [0.15, 0.2) is 5.54 Å². The molecule has 1 aliphatic rings. The van der Waals surface area contributed by atoms with Crippen LogP contribution >= 0.6 is 11.6 Å². The maximum absolute atomic E-state index is 12.2. The lowest BCUT2D eigenvalue weighted by Crippen LogP contribution is -2.55. The summed E-state index contributed by atoms with van der Waals surface area (Å²) in [4.78, 5) is 23.5. The Morgan fingerprint density at radius 1 is 1.50 bits per heavy atom. The van der Waals surface area contributed by atoms with Gasteiger partial charge in [-0.1, -0.05) is 11.6 Å². The van der Waals surface area contributed by atoms with E-state index in [0.717, 1.165) is 0 Å². The van der Waals surface area contributed by atoms with E-state index in [1.165, 1.54) is 25.3 Å². The second-order valence-corrected chi connectivity index (χ2v) is 4.90. The number of nitrogens with one attached hydrogen (secondary N) is 1. The molecule has 1 fully saturated rings. The number of aliphatic carboxylic acids is 1. The van der Waals surface area contributed by atoms with E-state index >= 15 is 0 Å². The Kier molecular flexibility index (Phi) is 4.15. The summed E-state index contributed by atoms with van der Waals surface area (Å²) in [5.41, 5.74) is -1.09. The standard InChI is InChI=1S/C13H14ClNO5/c1-19-10-6-8(2-3-9(10)14)11(16)15-13(12(17)18)4-5-20-7-13/h2-3,6H,4-5,7H2,1H3,(H,15,16)(H,17,18). The summed E-state index contributed by atoms with van der Waals surface area (Å²) in [6.07, 6.45) is 0.235. The third kappa shape index (κ3) is 2.71. The van der Waals surface area contributed by atoms with Gasteiger partial charge in [0.05, 0.1) is 18.7 Å². The van der Waals surface area contributed by atoms with Gasteiger partial charge in [0.2, 0.25) is 0 Å². The molecule has 0 saturated carbocycles. The number of hydrogen-bond acceptors (Lipinski definition) is 4. The first kappa shape index (κ1) is 14.6. The van der Waals surface area contributed by atoms with E-state index in [2.05, 4.69) is 5.32 Å². The molecule has 2 N–H and O–H groups in total. The number of ether oxygens (including phenoxy) is 2. The van der Waals surface area contributed by atoms with Gasteiger partial charge in [0.1, 0.15) is 5.75 Å². The average molecular weight is 300 g/mol. The molecule has 0 bridgehead atoms. The van der Waals surface area contributed by atoms with Crippen LogP contribution in [0, 0.1) is 0 Å². The van der Waals surface area contributed by atoms with Crippen LogP contribution in [0.25, 0.3) is 0 Å². The van der Waals surface area contributed by atoms with Crippen LogP contribution in [0.5, 0.6) is 5.75 Å². The average Bonchev–Trinajstić information content (AvgIpc) is 2.89. The Balaban J connectivity index is 2.21. The van der Waals surface area contributed by atoms with Crippen LogP contribution in [0.3, 0.4) is 0 Å². The normalized spacial score (nSPS) is 21.5. The maximum atomic E-state index is 12.2. The van der Waals surface area contributed by atoms with Gasteiger partial charge in [0.25, 0.3) is 5.91 Å². The fraction of sp³-hybridized carbons (Fsp3) is 0.385. The minimum atomic E-state index is -1.37. The third-order valence-electron chi connectivity index (χ3n) is 3.20. The summed E-state index contributed by atoms with van der Waals surface area (Å²) >= 11 is 5.88. The highest BCUT2D eigenvalue weighted by Crippen LogP contribution is 2.26. The predicted octanol–water partition coefficient (Wildman–Crippen LogP) is 1.32. The van der Waals surface area contributed by atoms with Crippen molar-refractivity contribution in [2.75, 3.05) is 20.3 Å². The SMILES string of the molecule is COc1cc(C(=O)NC2(C(=O)O)CCOC2)ccc1Cl. The molecule has 1 aromatic rings. The van der Waals surface area contributed by atoms with Crippen LogP contribution in [0.2, 0.25) is 5.02 Å². The number of amides is 1. The summed E-state index contributed by atoms with van der Waals surface area (Å²) in [5.74, 6) is -1.26. The third-order valence-corrected chi connectivity index (χ3v) is 3.51. The van der Waals surface area contributed by atoms with Crippen molar-refractivity contribution in [2.45, 2.75) is 12.0 Å². The molecular formula is C13H14ClNO5. The highest BCUT2D eigenvalue weighted by Gasteiger charge is 2.44. The van der Waals surface area contributed by atoms with Gasteiger partial charge in [-0.2, -0.15) is 0 Å². The highest BCUT2D eigenvalue weighted by atomic mass is 35.5. The summed E-state index contributed by atoms with van der Waals surface area (Å²) in [7, 11) is 1.44. The van der Waals surface area contributed by atoms with Crippen LogP contribution in [0.1, 0.15) is 16.8 Å². The van der Waals surface area contributed by atoms with Gasteiger partial charge in [0, 0.05) is 18.6 Å². The van der Waals surface area contributed by atoms with E-state index in [-0.39, 0.29) is 18.6 Å². The topological polar surface area (TPSA) is 84.9 Å². The molecule has 108 valence electrons. The van der Waals surface area contributed by atoms with E-state index in [0.29, 0.717) is 17.4 Å². The summed E-state index contributed by atoms with van der Waals surface area (Å²) in [6.45, 7) is 0.259. The molecule has 1 amide bonds. The van der Waals surface area contributed by atoms with Gasteiger partial charge in [-0.15, -0.1) is 0 Å². The molecular weight excluding hydrogens is 286 g/mol. The first-order valence-electron chi connectivity index (χ1n) is 5.96. The van der Waals surface area contributed by atoms with Crippen LogP contribution in [0.4, 0.5) is 0 Å². The Bertz CT molecular complexity index is 540. The van der Waals surface area contributed by atoms with Crippen molar-refractivity contribution in [1.29, 1.82) is 0 Å². The van der Waals surface area contributed by atoms with E-state index in [4.69, 9.17) is 21.1 Å². The van der Waals surface area contributed by atoms with Crippen LogP contribution < -0.4 is 10.1 Å². The first-order chi connectivity index (χ1) is 9.48. The molecule has 20 heavy (non-hydrogen) atoms. The maximum Gasteiger partial charge on any atom is 0.331 e. The highest BCUT2D eigenvalue weighted by molar-refractivity contribution is 6.32. The molecule has 1 aromatic carbocycles. The number of benzene rings is 1. The van der Waals surface area contributed by atoms with Crippen molar-refractivity contribution in [2.24, 2.45) is 0 Å². The minimum absolute atomic E-state index is 0.0429. The fourth-order valence-electron chi connectivity index (χ4n) is 1.98. The van der Waals surface area contributed by atoms with Crippen molar-refractivity contribution in [3.63, 3.8) is 0 Å². The zero-order valence-electron chi connectivity index (χ0n) is 10.8. The summed E-state index contributed by atoms with van der Waals surface area (Å²) in [5, 5.41) is 12.2. The van der Waals surface area contributed by atoms with Crippen LogP contribution in [0.15, 0.2) is 18.2 Å². The smallest absolute Gasteiger partial charge is 0.331 e. The van der Waals surface area contributed by atoms with Gasteiger partial charge < -0.3 is 19.9 Å². The van der Waals surface area contributed by atoms with Crippen molar-refractivity contribution in [1.82, 2.24) is 5.32 Å². The molecule has 0 aliphatic carbocycles. The van der Waals surface area contributed by atoms with Crippen molar-refractivity contribution < 1.29 is 24.2 Å². The number of halogens is 1. The Morgan fingerprint density at radius 3 is 2.80 bits per heavy atom. The largest absolute Gasteiger partial charge is 0.495 e. The van der Waals surface area contributed by atoms with E-state index in [9.17, 15) is 14.7 Å². The molecule has 1 unspecified atom stereocenters. The Hall–Kier alpha value is -1.79. The van der Waals surface area contributed by atoms with Crippen molar-refractivity contribution in [3.05, 3.63) is 28.8 Å². The zero-order chi connectivity index (χ0) is 14.8. The zero-order valence-corrected chi connectivity index (χ0v) is 11.6. The monoisotopic (exact) mass is 299 g/mol. The van der Waals surface area contributed by atoms with Gasteiger partial charge >= 0.3 is 5.97 Å². The second-order valence-electron chi connectivity index (χ2n) is 4.49. The number of carbonyl (C=O) groups excluding carboxylic acids is 1. The lowest BCUT2D eigenvalue weighted by molar-refractivity contribution is -0.144. The molecule has 6 nitrogen and oxygen atoms in total. The van der Waals surface area contributed by atoms with Crippen molar-refractivity contribution >= 4 is 23.5 Å². The number of carbonyl (C=O) groups is 2. The molecule has 1 heterocycles. The summed E-state index contributed by atoms with van der Waals surface area (Å²) < 4.78 is 10.1. The second kappa shape index (κ2) is 5.68. The quantitative estimate of drug-likeness (QED) is 0.876. The number of carboxylic acid groups (broad SMARTS) is 1. The predicted molar refractivity (Wildman–Crippen MR) is 71.3 cm³/mol. The number of rotatable bonds is 4. The molecule has 0 spiro atoms. The minimum Gasteiger partial charge on any atom is -0.495 e. The number of hydrogen-bond donors (Lipinski definition) is 2. The van der Waals surface area contributed by atoms with Gasteiger partial charge in [-0.05, 0) is 18.2 Å². The van der Waals surface area contributed by atoms with Crippen LogP contribution in [-0.4, -0.2) is 42.8 Å². The molecule has 0 radical (unpaired) electrons. The van der Waals surface area contributed by atoms with Gasteiger partial charge in [-0.25, -0.2) is 4.79 Å². The molecule has 7 heteroatoms. The van der Waals surface area contributed by atoms with E-state index < -0.39 is 17.4 Å². The molecule has 0 aromatic heterocycles. The lowest BCUT2D eigenvalue weighted by Gasteiger charge is -2.23. The summed E-state index contributed by atoms with van der Waals surface area (Å²) in [6, 6.07) is 4.49.